The van der Waals surface area contributed by atoms with Crippen LogP contribution in [0.3, 0.4) is 0 Å². The molecule has 2 heterocycles. The van der Waals surface area contributed by atoms with Crippen LogP contribution < -0.4 is 15.6 Å². The molecule has 24 heavy (non-hydrogen) atoms. The van der Waals surface area contributed by atoms with Crippen molar-refractivity contribution in [2.75, 3.05) is 32.8 Å². The van der Waals surface area contributed by atoms with Crippen molar-refractivity contribution in [3.8, 4) is 5.75 Å². The van der Waals surface area contributed by atoms with Crippen LogP contribution in [0.4, 0.5) is 0 Å². The third-order valence-electron chi connectivity index (χ3n) is 4.44. The van der Waals surface area contributed by atoms with Crippen LogP contribution in [0.5, 0.6) is 5.75 Å². The summed E-state index contributed by atoms with van der Waals surface area (Å²) < 4.78 is 5.50. The molecule has 2 unspecified atom stereocenters. The lowest BCUT2D eigenvalue weighted by Gasteiger charge is -2.35. The Hall–Kier alpha value is -2.12. The largest absolute Gasteiger partial charge is 0.484 e. The van der Waals surface area contributed by atoms with Gasteiger partial charge in [-0.1, -0.05) is 18.2 Å². The van der Waals surface area contributed by atoms with E-state index in [0.29, 0.717) is 38.0 Å². The number of nitrogens with zero attached hydrogens (tertiary/aromatic N) is 2. The van der Waals surface area contributed by atoms with Crippen molar-refractivity contribution in [2.24, 2.45) is 0 Å². The van der Waals surface area contributed by atoms with Gasteiger partial charge in [-0.15, -0.1) is 0 Å². The number of carbonyl (C=O) groups is 2. The van der Waals surface area contributed by atoms with E-state index in [1.54, 1.807) is 4.90 Å². The average molecular weight is 332 g/mol. The molecule has 2 atom stereocenters. The first kappa shape index (κ1) is 16.7. The minimum absolute atomic E-state index is 0.0313. The minimum atomic E-state index is -0.163. The van der Waals surface area contributed by atoms with E-state index < -0.39 is 0 Å². The van der Waals surface area contributed by atoms with Gasteiger partial charge in [-0.2, -0.15) is 0 Å². The number of hydrogen-bond acceptors (Lipinski definition) is 5. The highest BCUT2D eigenvalue weighted by molar-refractivity contribution is 5.83. The van der Waals surface area contributed by atoms with Gasteiger partial charge in [0.25, 0.3) is 5.91 Å². The maximum atomic E-state index is 12.4. The number of para-hydroxylation sites is 1. The van der Waals surface area contributed by atoms with Crippen LogP contribution in [0.2, 0.25) is 0 Å². The Kier molecular flexibility index (Phi) is 5.32. The van der Waals surface area contributed by atoms with Crippen LogP contribution >= 0.6 is 0 Å². The van der Waals surface area contributed by atoms with Crippen molar-refractivity contribution < 1.29 is 14.3 Å². The van der Waals surface area contributed by atoms with Crippen molar-refractivity contribution >= 4 is 11.8 Å². The second-order valence-electron chi connectivity index (χ2n) is 6.29. The highest BCUT2D eigenvalue weighted by Crippen LogP contribution is 2.12. The maximum Gasteiger partial charge on any atom is 0.260 e. The maximum absolute atomic E-state index is 12.4. The van der Waals surface area contributed by atoms with Crippen LogP contribution in [-0.4, -0.2) is 66.5 Å². The lowest BCUT2D eigenvalue weighted by atomic mass is 10.1. The Bertz CT molecular complexity index is 572. The number of benzene rings is 1. The van der Waals surface area contributed by atoms with Gasteiger partial charge in [0, 0.05) is 32.2 Å². The summed E-state index contributed by atoms with van der Waals surface area (Å²) >= 11 is 0. The van der Waals surface area contributed by atoms with Gasteiger partial charge in [0.1, 0.15) is 11.8 Å². The van der Waals surface area contributed by atoms with E-state index in [-0.39, 0.29) is 24.5 Å². The molecule has 1 aromatic carbocycles. The van der Waals surface area contributed by atoms with Crippen LogP contribution in [0.25, 0.3) is 0 Å². The fourth-order valence-corrected chi connectivity index (χ4v) is 3.03. The Balaban J connectivity index is 1.43. The highest BCUT2D eigenvalue weighted by Gasteiger charge is 2.32. The number of hydrazine groups is 1. The third-order valence-corrected chi connectivity index (χ3v) is 4.44. The quantitative estimate of drug-likeness (QED) is 0.811. The topological polar surface area (TPSA) is 73.9 Å². The Morgan fingerprint density at radius 3 is 2.38 bits per heavy atom. The van der Waals surface area contributed by atoms with Gasteiger partial charge in [0.05, 0.1) is 0 Å². The van der Waals surface area contributed by atoms with E-state index in [1.165, 1.54) is 0 Å². The molecule has 0 aliphatic carbocycles. The van der Waals surface area contributed by atoms with E-state index in [9.17, 15) is 9.59 Å². The number of rotatable bonds is 4. The van der Waals surface area contributed by atoms with Crippen LogP contribution in [0.1, 0.15) is 13.3 Å². The van der Waals surface area contributed by atoms with Crippen molar-refractivity contribution in [3.63, 3.8) is 0 Å². The van der Waals surface area contributed by atoms with Crippen LogP contribution in [-0.2, 0) is 9.59 Å². The zero-order valence-electron chi connectivity index (χ0n) is 13.9. The van der Waals surface area contributed by atoms with E-state index in [2.05, 4.69) is 10.9 Å². The molecule has 2 aliphatic heterocycles. The predicted molar refractivity (Wildman–Crippen MR) is 89.2 cm³/mol. The molecule has 7 nitrogen and oxygen atoms in total. The van der Waals surface area contributed by atoms with E-state index in [1.807, 2.05) is 42.2 Å². The SMILES string of the molecule is CC1CC(C(=O)N2CCN(C(=O)COc3ccccc3)CC2)NN1. The van der Waals surface area contributed by atoms with Crippen LogP contribution in [0, 0.1) is 0 Å². The lowest BCUT2D eigenvalue weighted by molar-refractivity contribution is -0.141. The summed E-state index contributed by atoms with van der Waals surface area (Å²) in [5.41, 5.74) is 6.10. The minimum Gasteiger partial charge on any atom is -0.484 e. The number of piperazine rings is 1. The molecule has 2 aliphatic rings. The second kappa shape index (κ2) is 7.63. The summed E-state index contributed by atoms with van der Waals surface area (Å²) in [6.45, 7) is 4.33. The number of hydrogen-bond donors (Lipinski definition) is 2. The molecule has 0 saturated carbocycles. The van der Waals surface area contributed by atoms with E-state index in [4.69, 9.17) is 4.74 Å². The van der Waals surface area contributed by atoms with Crippen molar-refractivity contribution in [2.45, 2.75) is 25.4 Å². The van der Waals surface area contributed by atoms with Crippen molar-refractivity contribution in [1.29, 1.82) is 0 Å². The van der Waals surface area contributed by atoms with Crippen LogP contribution in [0.15, 0.2) is 30.3 Å². The highest BCUT2D eigenvalue weighted by atomic mass is 16.5. The van der Waals surface area contributed by atoms with Gasteiger partial charge in [-0.25, -0.2) is 5.43 Å². The first-order valence-corrected chi connectivity index (χ1v) is 8.39. The monoisotopic (exact) mass is 332 g/mol. The second-order valence-corrected chi connectivity index (χ2v) is 6.29. The molecular formula is C17H24N4O3. The Morgan fingerprint density at radius 2 is 1.75 bits per heavy atom. The summed E-state index contributed by atoms with van der Waals surface area (Å²) in [6.07, 6.45) is 0.795. The first-order valence-electron chi connectivity index (χ1n) is 8.39. The number of nitrogens with one attached hydrogen (secondary N) is 2. The molecule has 2 saturated heterocycles. The average Bonchev–Trinajstić information content (AvgIpc) is 3.06. The molecule has 3 rings (SSSR count). The summed E-state index contributed by atoms with van der Waals surface area (Å²) in [7, 11) is 0. The molecule has 0 radical (unpaired) electrons. The number of amides is 2. The van der Waals surface area contributed by atoms with E-state index in [0.717, 1.165) is 6.42 Å². The Morgan fingerprint density at radius 1 is 1.08 bits per heavy atom. The molecular weight excluding hydrogens is 308 g/mol. The molecule has 0 aromatic heterocycles. The van der Waals surface area contributed by atoms with Gasteiger partial charge in [-0.05, 0) is 25.5 Å². The lowest BCUT2D eigenvalue weighted by Crippen LogP contribution is -2.55. The van der Waals surface area contributed by atoms with Gasteiger partial charge in [-0.3, -0.25) is 15.0 Å². The standard InChI is InChI=1S/C17H24N4O3/c1-13-11-15(19-18-13)17(23)21-9-7-20(8-10-21)16(22)12-24-14-5-3-2-4-6-14/h2-6,13,15,18-19H,7-12H2,1H3. The predicted octanol–water partition coefficient (Wildman–Crippen LogP) is -0.00880. The smallest absolute Gasteiger partial charge is 0.260 e. The first-order chi connectivity index (χ1) is 11.6. The summed E-state index contributed by atoms with van der Waals surface area (Å²) in [6, 6.07) is 9.44. The zero-order chi connectivity index (χ0) is 16.9. The summed E-state index contributed by atoms with van der Waals surface area (Å²) in [5.74, 6) is 0.758. The normalized spacial score (nSPS) is 24.0. The van der Waals surface area contributed by atoms with Gasteiger partial charge < -0.3 is 14.5 Å². The number of carbonyl (C=O) groups excluding carboxylic acids is 2. The van der Waals surface area contributed by atoms with Gasteiger partial charge in [0.15, 0.2) is 6.61 Å². The molecule has 2 amide bonds. The molecule has 0 spiro atoms. The number of ether oxygens (including phenoxy) is 1. The van der Waals surface area contributed by atoms with Crippen molar-refractivity contribution in [1.82, 2.24) is 20.7 Å². The molecule has 130 valence electrons. The summed E-state index contributed by atoms with van der Waals surface area (Å²) in [5, 5.41) is 0. The molecule has 1 aromatic rings. The van der Waals surface area contributed by atoms with Gasteiger partial charge >= 0.3 is 0 Å². The zero-order valence-corrected chi connectivity index (χ0v) is 13.9. The fourth-order valence-electron chi connectivity index (χ4n) is 3.03. The van der Waals surface area contributed by atoms with Gasteiger partial charge in [0.2, 0.25) is 5.91 Å². The fraction of sp³-hybridized carbons (Fsp3) is 0.529. The third kappa shape index (κ3) is 4.04. The van der Waals surface area contributed by atoms with E-state index >= 15 is 0 Å². The molecule has 7 heteroatoms. The Labute approximate surface area is 141 Å². The molecule has 0 bridgehead atoms. The molecule has 2 fully saturated rings. The summed E-state index contributed by atoms with van der Waals surface area (Å²) in [4.78, 5) is 28.2. The van der Waals surface area contributed by atoms with Crippen molar-refractivity contribution in [3.05, 3.63) is 30.3 Å². The molecule has 2 N–H and O–H groups in total.